The van der Waals surface area contributed by atoms with Gasteiger partial charge in [0.15, 0.2) is 0 Å². The van der Waals surface area contributed by atoms with Gasteiger partial charge in [0.2, 0.25) is 0 Å². The number of carbonyl (C=O) groups is 1. The standard InChI is InChI=1S/C11H10BrClO3/c1-15-6-9(11(14)16-2)8-5-7(12)3-4-10(8)13/h3-6H,1-2H3/b9-6+. The zero-order chi connectivity index (χ0) is 12.1. The Balaban J connectivity index is 3.26. The summed E-state index contributed by atoms with van der Waals surface area (Å²) in [6.07, 6.45) is 1.31. The van der Waals surface area contributed by atoms with Crippen molar-refractivity contribution in [2.24, 2.45) is 0 Å². The molecule has 1 aromatic rings. The predicted molar refractivity (Wildman–Crippen MR) is 66.2 cm³/mol. The van der Waals surface area contributed by atoms with Gasteiger partial charge < -0.3 is 9.47 Å². The summed E-state index contributed by atoms with van der Waals surface area (Å²) in [5, 5.41) is 0.455. The summed E-state index contributed by atoms with van der Waals surface area (Å²) >= 11 is 9.31. The van der Waals surface area contributed by atoms with Gasteiger partial charge in [-0.05, 0) is 18.2 Å². The summed E-state index contributed by atoms with van der Waals surface area (Å²) in [5.41, 5.74) is 0.834. The molecule has 5 heteroatoms. The van der Waals surface area contributed by atoms with Crippen molar-refractivity contribution >= 4 is 39.1 Å². The van der Waals surface area contributed by atoms with Gasteiger partial charge in [-0.2, -0.15) is 0 Å². The number of hydrogen-bond donors (Lipinski definition) is 0. The Morgan fingerprint density at radius 1 is 1.44 bits per heavy atom. The molecule has 0 N–H and O–H groups in total. The average molecular weight is 306 g/mol. The lowest BCUT2D eigenvalue weighted by Crippen LogP contribution is -2.05. The van der Waals surface area contributed by atoms with Crippen molar-refractivity contribution in [2.75, 3.05) is 14.2 Å². The fourth-order valence-corrected chi connectivity index (χ4v) is 1.73. The number of rotatable bonds is 3. The Bertz CT molecular complexity index is 429. The Hall–Kier alpha value is -1.000. The molecule has 0 heterocycles. The second-order valence-electron chi connectivity index (χ2n) is 2.88. The molecule has 0 bridgehead atoms. The molecule has 0 aromatic heterocycles. The van der Waals surface area contributed by atoms with E-state index in [1.165, 1.54) is 20.5 Å². The van der Waals surface area contributed by atoms with Crippen molar-refractivity contribution in [2.45, 2.75) is 0 Å². The Morgan fingerprint density at radius 3 is 2.69 bits per heavy atom. The van der Waals surface area contributed by atoms with Crippen molar-refractivity contribution < 1.29 is 14.3 Å². The summed E-state index contributed by atoms with van der Waals surface area (Å²) in [6, 6.07) is 5.20. The highest BCUT2D eigenvalue weighted by Gasteiger charge is 2.16. The van der Waals surface area contributed by atoms with Crippen molar-refractivity contribution in [3.05, 3.63) is 39.5 Å². The van der Waals surface area contributed by atoms with Crippen LogP contribution >= 0.6 is 27.5 Å². The Morgan fingerprint density at radius 2 is 2.12 bits per heavy atom. The quantitative estimate of drug-likeness (QED) is 0.488. The number of benzene rings is 1. The first kappa shape index (κ1) is 13.1. The minimum atomic E-state index is -0.498. The summed E-state index contributed by atoms with van der Waals surface area (Å²) < 4.78 is 10.3. The van der Waals surface area contributed by atoms with Crippen molar-refractivity contribution in [1.29, 1.82) is 0 Å². The summed E-state index contributed by atoms with van der Waals surface area (Å²) in [6.45, 7) is 0. The van der Waals surface area contributed by atoms with Gasteiger partial charge in [0, 0.05) is 15.1 Å². The highest BCUT2D eigenvalue weighted by atomic mass is 79.9. The van der Waals surface area contributed by atoms with Crippen LogP contribution in [0.5, 0.6) is 0 Å². The molecule has 1 rings (SSSR count). The van der Waals surface area contributed by atoms with Gasteiger partial charge in [0.05, 0.1) is 20.5 Å². The monoisotopic (exact) mass is 304 g/mol. The number of methoxy groups -OCH3 is 2. The van der Waals surface area contributed by atoms with Crippen LogP contribution in [0.15, 0.2) is 28.9 Å². The minimum Gasteiger partial charge on any atom is -0.503 e. The van der Waals surface area contributed by atoms with Crippen LogP contribution in [-0.4, -0.2) is 20.2 Å². The number of carbonyl (C=O) groups excluding carboxylic acids is 1. The maximum Gasteiger partial charge on any atom is 0.341 e. The van der Waals surface area contributed by atoms with Gasteiger partial charge in [-0.25, -0.2) is 4.79 Å². The van der Waals surface area contributed by atoms with Gasteiger partial charge in [-0.15, -0.1) is 0 Å². The van der Waals surface area contributed by atoms with E-state index in [9.17, 15) is 4.79 Å². The third kappa shape index (κ3) is 3.00. The maximum atomic E-state index is 11.5. The molecule has 0 aliphatic carbocycles. The van der Waals surface area contributed by atoms with Gasteiger partial charge in [-0.3, -0.25) is 0 Å². The highest BCUT2D eigenvalue weighted by molar-refractivity contribution is 9.10. The van der Waals surface area contributed by atoms with E-state index in [2.05, 4.69) is 20.7 Å². The first-order chi connectivity index (χ1) is 7.60. The largest absolute Gasteiger partial charge is 0.503 e. The molecule has 0 spiro atoms. The molecule has 3 nitrogen and oxygen atoms in total. The first-order valence-corrected chi connectivity index (χ1v) is 5.54. The van der Waals surface area contributed by atoms with Gasteiger partial charge in [0.1, 0.15) is 5.57 Å². The van der Waals surface area contributed by atoms with Crippen LogP contribution in [0.4, 0.5) is 0 Å². The molecule has 0 unspecified atom stereocenters. The third-order valence-electron chi connectivity index (χ3n) is 1.86. The third-order valence-corrected chi connectivity index (χ3v) is 2.68. The molecule has 0 atom stereocenters. The van der Waals surface area contributed by atoms with Gasteiger partial charge >= 0.3 is 5.97 Å². The van der Waals surface area contributed by atoms with Crippen LogP contribution in [0.2, 0.25) is 5.02 Å². The molecule has 0 radical (unpaired) electrons. The average Bonchev–Trinajstić information content (AvgIpc) is 2.28. The lowest BCUT2D eigenvalue weighted by atomic mass is 10.1. The molecular weight excluding hydrogens is 295 g/mol. The van der Waals surface area contributed by atoms with Crippen LogP contribution in [0.3, 0.4) is 0 Å². The number of ether oxygens (including phenoxy) is 2. The maximum absolute atomic E-state index is 11.5. The summed E-state index contributed by atoms with van der Waals surface area (Å²) in [7, 11) is 2.76. The molecule has 1 aromatic carbocycles. The van der Waals surface area contributed by atoms with Gasteiger partial charge in [0.25, 0.3) is 0 Å². The predicted octanol–water partition coefficient (Wildman–Crippen LogP) is 3.26. The van der Waals surface area contributed by atoms with E-state index in [4.69, 9.17) is 16.3 Å². The zero-order valence-electron chi connectivity index (χ0n) is 8.79. The van der Waals surface area contributed by atoms with E-state index >= 15 is 0 Å². The SMILES string of the molecule is CO/C=C(/C(=O)OC)c1cc(Br)ccc1Cl. The van der Waals surface area contributed by atoms with E-state index < -0.39 is 5.97 Å². The highest BCUT2D eigenvalue weighted by Crippen LogP contribution is 2.28. The molecule has 0 saturated carbocycles. The number of hydrogen-bond acceptors (Lipinski definition) is 3. The van der Waals surface area contributed by atoms with E-state index in [-0.39, 0.29) is 5.57 Å². The molecule has 0 fully saturated rings. The van der Waals surface area contributed by atoms with E-state index in [1.54, 1.807) is 18.2 Å². The van der Waals surface area contributed by atoms with Gasteiger partial charge in [-0.1, -0.05) is 27.5 Å². The lowest BCUT2D eigenvalue weighted by molar-refractivity contribution is -0.133. The topological polar surface area (TPSA) is 35.5 Å². The second-order valence-corrected chi connectivity index (χ2v) is 4.21. The minimum absolute atomic E-state index is 0.274. The molecule has 16 heavy (non-hydrogen) atoms. The Kier molecular flexibility index (Phi) is 4.83. The van der Waals surface area contributed by atoms with Crippen LogP contribution in [0.1, 0.15) is 5.56 Å². The second kappa shape index (κ2) is 5.92. The number of esters is 1. The molecular formula is C11H10BrClO3. The Labute approximate surface area is 107 Å². The van der Waals surface area contributed by atoms with Crippen molar-refractivity contribution in [3.8, 4) is 0 Å². The molecule has 86 valence electrons. The van der Waals surface area contributed by atoms with Crippen LogP contribution < -0.4 is 0 Å². The molecule has 0 amide bonds. The van der Waals surface area contributed by atoms with Crippen molar-refractivity contribution in [3.63, 3.8) is 0 Å². The van der Waals surface area contributed by atoms with Crippen LogP contribution in [-0.2, 0) is 14.3 Å². The molecule has 0 saturated heterocycles. The molecule has 0 aliphatic rings. The number of halogens is 2. The van der Waals surface area contributed by atoms with E-state index in [0.717, 1.165) is 4.47 Å². The fourth-order valence-electron chi connectivity index (χ4n) is 1.15. The van der Waals surface area contributed by atoms with Crippen LogP contribution in [0.25, 0.3) is 5.57 Å². The summed E-state index contributed by atoms with van der Waals surface area (Å²) in [4.78, 5) is 11.5. The van der Waals surface area contributed by atoms with Crippen LogP contribution in [0, 0.1) is 0 Å². The lowest BCUT2D eigenvalue weighted by Gasteiger charge is -2.07. The summed E-state index contributed by atoms with van der Waals surface area (Å²) in [5.74, 6) is -0.498. The first-order valence-electron chi connectivity index (χ1n) is 4.37. The van der Waals surface area contributed by atoms with Crippen molar-refractivity contribution in [1.82, 2.24) is 0 Å². The van der Waals surface area contributed by atoms with E-state index in [1.807, 2.05) is 0 Å². The normalized spacial score (nSPS) is 11.1. The molecule has 0 aliphatic heterocycles. The fraction of sp³-hybridized carbons (Fsp3) is 0.182. The zero-order valence-corrected chi connectivity index (χ0v) is 11.1. The smallest absolute Gasteiger partial charge is 0.341 e. The van der Waals surface area contributed by atoms with E-state index in [0.29, 0.717) is 10.6 Å².